The lowest BCUT2D eigenvalue weighted by Gasteiger charge is -2.34. The van der Waals surface area contributed by atoms with Gasteiger partial charge in [-0.3, -0.25) is 4.79 Å². The van der Waals surface area contributed by atoms with Crippen LogP contribution in [0.5, 0.6) is 0 Å². The number of hydrogen-bond acceptors (Lipinski definition) is 4. The molecular weight excluding hydrogens is 385 g/mol. The van der Waals surface area contributed by atoms with Crippen molar-refractivity contribution in [2.75, 3.05) is 19.6 Å². The normalized spacial score (nSPS) is 17.1. The van der Waals surface area contributed by atoms with Crippen LogP contribution in [-0.2, 0) is 10.0 Å². The van der Waals surface area contributed by atoms with Crippen LogP contribution in [0.1, 0.15) is 10.4 Å². The van der Waals surface area contributed by atoms with Gasteiger partial charge in [-0.25, -0.2) is 21.6 Å². The van der Waals surface area contributed by atoms with Gasteiger partial charge < -0.3 is 10.4 Å². The second-order valence-corrected chi connectivity index (χ2v) is 7.57. The van der Waals surface area contributed by atoms with Crippen LogP contribution in [-0.4, -0.2) is 49.5 Å². The Morgan fingerprint density at radius 3 is 2.59 bits per heavy atom. The van der Waals surface area contributed by atoms with E-state index in [1.165, 1.54) is 18.2 Å². The highest BCUT2D eigenvalue weighted by atomic mass is 32.2. The second kappa shape index (κ2) is 8.51. The Bertz CT molecular complexity index is 907. The quantitative estimate of drug-likeness (QED) is 0.683. The van der Waals surface area contributed by atoms with Crippen molar-refractivity contribution in [1.82, 2.24) is 9.62 Å². The van der Waals surface area contributed by atoms with Crippen LogP contribution < -0.4 is 5.32 Å². The van der Waals surface area contributed by atoms with E-state index >= 15 is 0 Å². The van der Waals surface area contributed by atoms with E-state index in [2.05, 4.69) is 11.9 Å². The van der Waals surface area contributed by atoms with Crippen molar-refractivity contribution < 1.29 is 31.5 Å². The van der Waals surface area contributed by atoms with Crippen LogP contribution in [0.25, 0.3) is 0 Å². The summed E-state index contributed by atoms with van der Waals surface area (Å²) in [4.78, 5) is 11.9. The van der Waals surface area contributed by atoms with Crippen molar-refractivity contribution in [1.29, 1.82) is 0 Å². The maximum Gasteiger partial charge on any atom is 0.251 e. The van der Waals surface area contributed by atoms with Crippen molar-refractivity contribution in [3.05, 3.63) is 66.0 Å². The molecule has 146 valence electrons. The molecule has 6 nitrogen and oxygen atoms in total. The molecule has 0 aromatic heterocycles. The van der Waals surface area contributed by atoms with Gasteiger partial charge in [-0.05, 0) is 30.4 Å². The van der Waals surface area contributed by atoms with Gasteiger partial charge in [0.2, 0.25) is 10.0 Å². The number of aliphatic hydroxyl groups is 1. The van der Waals surface area contributed by atoms with Crippen LogP contribution in [0, 0.1) is 0 Å². The molecule has 2 N–H and O–H groups in total. The molecule has 2 rings (SSSR count). The number of hydrogen-bond donors (Lipinski definition) is 2. The third-order valence-electron chi connectivity index (χ3n) is 3.71. The summed E-state index contributed by atoms with van der Waals surface area (Å²) >= 11 is 0. The van der Waals surface area contributed by atoms with Gasteiger partial charge in [0, 0.05) is 25.2 Å². The molecule has 27 heavy (non-hydrogen) atoms. The number of β-amino-alcohol motifs (C(OH)–C–C–N with tert-alkyl or cyclic N) is 1. The van der Waals surface area contributed by atoms with Crippen molar-refractivity contribution in [3.63, 3.8) is 0 Å². The lowest BCUT2D eigenvalue weighted by molar-refractivity contribution is 0.0547. The number of halogens is 3. The summed E-state index contributed by atoms with van der Waals surface area (Å²) < 4.78 is 65.1. The molecule has 0 radical (unpaired) electrons. The molecule has 1 aromatic carbocycles. The van der Waals surface area contributed by atoms with E-state index in [4.69, 9.17) is 0 Å². The Hall–Kier alpha value is -2.43. The Kier molecular flexibility index (Phi) is 6.58. The van der Waals surface area contributed by atoms with E-state index in [0.29, 0.717) is 12.2 Å². The topological polar surface area (TPSA) is 86.7 Å². The molecule has 1 heterocycles. The molecule has 0 unspecified atom stereocenters. The van der Waals surface area contributed by atoms with Gasteiger partial charge in [0.15, 0.2) is 17.5 Å². The first-order valence-corrected chi connectivity index (χ1v) is 9.21. The lowest BCUT2D eigenvalue weighted by atomic mass is 10.2. The first-order chi connectivity index (χ1) is 12.7. The van der Waals surface area contributed by atoms with Crippen molar-refractivity contribution in [2.24, 2.45) is 0 Å². The van der Waals surface area contributed by atoms with E-state index in [-0.39, 0.29) is 23.5 Å². The molecule has 1 aromatic rings. The average molecular weight is 402 g/mol. The average Bonchev–Trinajstić information content (AvgIpc) is 2.63. The van der Waals surface area contributed by atoms with E-state index in [9.17, 15) is 31.5 Å². The van der Waals surface area contributed by atoms with Gasteiger partial charge >= 0.3 is 0 Å². The number of nitrogens with zero attached hydrogens (tertiary/aromatic N) is 1. The second-order valence-electron chi connectivity index (χ2n) is 5.63. The predicted molar refractivity (Wildman–Crippen MR) is 92.2 cm³/mol. The van der Waals surface area contributed by atoms with Gasteiger partial charge in [-0.2, -0.15) is 4.31 Å². The van der Waals surface area contributed by atoms with E-state index in [0.717, 1.165) is 10.4 Å². The number of aliphatic hydroxyl groups excluding tert-OH is 1. The summed E-state index contributed by atoms with van der Waals surface area (Å²) in [5.74, 6) is -5.43. The number of benzene rings is 1. The lowest BCUT2D eigenvalue weighted by Crippen LogP contribution is -2.53. The van der Waals surface area contributed by atoms with E-state index < -0.39 is 46.1 Å². The predicted octanol–water partition coefficient (Wildman–Crippen LogP) is 1.97. The number of allylic oxidation sites excluding steroid dienone is 4. The van der Waals surface area contributed by atoms with Crippen LogP contribution in [0.3, 0.4) is 0 Å². The Morgan fingerprint density at radius 2 is 2.00 bits per heavy atom. The number of carbonyl (C=O) groups is 1. The maximum atomic E-state index is 13.4. The minimum atomic E-state index is -3.83. The Morgan fingerprint density at radius 1 is 1.33 bits per heavy atom. The van der Waals surface area contributed by atoms with Crippen LogP contribution >= 0.6 is 0 Å². The monoisotopic (exact) mass is 402 g/mol. The number of nitrogens with one attached hydrogen (secondary N) is 1. The maximum absolute atomic E-state index is 13.4. The third kappa shape index (κ3) is 4.85. The summed E-state index contributed by atoms with van der Waals surface area (Å²) in [6.07, 6.45) is 0.413. The molecular formula is C17H17F3N2O4S. The zero-order valence-corrected chi connectivity index (χ0v) is 14.8. The zero-order valence-electron chi connectivity index (χ0n) is 14.0. The highest BCUT2D eigenvalue weighted by Crippen LogP contribution is 2.22. The first kappa shape index (κ1) is 20.9. The molecule has 0 aliphatic carbocycles. The fourth-order valence-corrected chi connectivity index (χ4v) is 3.75. The first-order valence-electron chi connectivity index (χ1n) is 7.77. The third-order valence-corrected chi connectivity index (χ3v) is 5.53. The van der Waals surface area contributed by atoms with Crippen molar-refractivity contribution in [3.8, 4) is 0 Å². The molecule has 1 aliphatic rings. The van der Waals surface area contributed by atoms with Crippen molar-refractivity contribution in [2.45, 2.75) is 11.0 Å². The Balaban J connectivity index is 2.07. The minimum Gasteiger partial charge on any atom is -0.390 e. The van der Waals surface area contributed by atoms with Gasteiger partial charge in [-0.15, -0.1) is 0 Å². The number of rotatable bonds is 7. The summed E-state index contributed by atoms with van der Waals surface area (Å²) in [5.41, 5.74) is -0.0146. The summed E-state index contributed by atoms with van der Waals surface area (Å²) in [6.45, 7) is 2.47. The zero-order chi connectivity index (χ0) is 20.2. The molecule has 0 spiro atoms. The molecule has 1 fully saturated rings. The van der Waals surface area contributed by atoms with Gasteiger partial charge in [0.05, 0.1) is 11.0 Å². The van der Waals surface area contributed by atoms with Crippen molar-refractivity contribution >= 4 is 15.9 Å². The molecule has 0 bridgehead atoms. The summed E-state index contributed by atoms with van der Waals surface area (Å²) in [7, 11) is -3.83. The highest BCUT2D eigenvalue weighted by molar-refractivity contribution is 7.89. The summed E-state index contributed by atoms with van der Waals surface area (Å²) in [5, 5.41) is 11.5. The van der Waals surface area contributed by atoms with Crippen LogP contribution in [0.4, 0.5) is 13.2 Å². The fraction of sp³-hybridized carbons (Fsp3) is 0.235. The van der Waals surface area contributed by atoms with E-state index in [1.807, 2.05) is 0 Å². The van der Waals surface area contributed by atoms with Gasteiger partial charge in [0.1, 0.15) is 0 Å². The highest BCUT2D eigenvalue weighted by Gasteiger charge is 2.35. The fourth-order valence-electron chi connectivity index (χ4n) is 2.19. The largest absolute Gasteiger partial charge is 0.390 e. The van der Waals surface area contributed by atoms with Gasteiger partial charge in [0.25, 0.3) is 5.91 Å². The summed E-state index contributed by atoms with van der Waals surface area (Å²) in [6, 6.07) is 5.13. The smallest absolute Gasteiger partial charge is 0.251 e. The van der Waals surface area contributed by atoms with Crippen LogP contribution in [0.2, 0.25) is 0 Å². The molecule has 1 amide bonds. The van der Waals surface area contributed by atoms with Crippen LogP contribution in [0.15, 0.2) is 65.4 Å². The SMILES string of the molecule is C=C/C(F)=C(F)\C(F)=C/CNC(=O)c1cccc(S(=O)(=O)N2CC(O)C2)c1. The molecule has 10 heteroatoms. The number of carbonyl (C=O) groups excluding carboxylic acids is 1. The molecule has 1 saturated heterocycles. The number of amides is 1. The Labute approximate surface area is 154 Å². The molecule has 1 aliphatic heterocycles. The number of sulfonamides is 1. The molecule has 0 saturated carbocycles. The van der Waals surface area contributed by atoms with Gasteiger partial charge in [-0.1, -0.05) is 12.6 Å². The minimum absolute atomic E-state index is 0.0146. The standard InChI is InChI=1S/C17H17F3N2O4S/c1-2-14(18)16(20)15(19)6-7-21-17(24)11-4-3-5-13(8-11)27(25,26)22-9-12(23)10-22/h2-6,8,12,23H,1,7,9-10H2,(H,21,24)/b15-6+,16-14-. The van der Waals surface area contributed by atoms with E-state index in [1.54, 1.807) is 0 Å². The molecule has 0 atom stereocenters.